The van der Waals surface area contributed by atoms with Crippen molar-refractivity contribution < 1.29 is 27.5 Å². The number of carbonyl (C=O) groups is 1. The summed E-state index contributed by atoms with van der Waals surface area (Å²) in [5.41, 5.74) is -4.94. The van der Waals surface area contributed by atoms with E-state index < -0.39 is 45.8 Å². The predicted octanol–water partition coefficient (Wildman–Crippen LogP) is 2.91. The maximum atomic E-state index is 14.3. The lowest BCUT2D eigenvalue weighted by Crippen LogP contribution is -2.41. The summed E-state index contributed by atoms with van der Waals surface area (Å²) < 4.78 is 53.4. The zero-order valence-corrected chi connectivity index (χ0v) is 15.2. The Morgan fingerprint density at radius 3 is 2.37 bits per heavy atom. The van der Waals surface area contributed by atoms with Gasteiger partial charge >= 0.3 is 17.8 Å². The van der Waals surface area contributed by atoms with Crippen LogP contribution in [-0.4, -0.2) is 25.5 Å². The Balaban J connectivity index is 2.73. The van der Waals surface area contributed by atoms with Gasteiger partial charge in [-0.15, -0.1) is 11.8 Å². The van der Waals surface area contributed by atoms with E-state index in [0.29, 0.717) is 11.8 Å². The smallest absolute Gasteiger partial charge is 0.431 e. The van der Waals surface area contributed by atoms with Crippen LogP contribution in [0.15, 0.2) is 32.7 Å². The molecule has 0 aliphatic rings. The zero-order chi connectivity index (χ0) is 20.7. The van der Waals surface area contributed by atoms with Crippen LogP contribution in [0.1, 0.15) is 12.6 Å². The molecule has 2 rings (SSSR count). The number of alkyl halides is 3. The number of carboxylic acid groups (broad SMARTS) is 1. The second-order valence-electron chi connectivity index (χ2n) is 5.37. The third kappa shape index (κ3) is 4.19. The Labute approximate surface area is 158 Å². The first-order chi connectivity index (χ1) is 12.3. The van der Waals surface area contributed by atoms with Gasteiger partial charge in [-0.1, -0.05) is 11.6 Å². The van der Waals surface area contributed by atoms with Gasteiger partial charge in [0.15, 0.2) is 0 Å². The highest BCUT2D eigenvalue weighted by molar-refractivity contribution is 8.00. The van der Waals surface area contributed by atoms with Gasteiger partial charge in [-0.05, 0) is 19.1 Å². The van der Waals surface area contributed by atoms with Crippen molar-refractivity contribution in [3.05, 3.63) is 55.6 Å². The molecule has 0 saturated heterocycles. The molecule has 1 aromatic heterocycles. The molecule has 1 atom stereocenters. The zero-order valence-electron chi connectivity index (χ0n) is 13.7. The van der Waals surface area contributed by atoms with Crippen LogP contribution in [0.25, 0.3) is 5.69 Å². The molecule has 1 N–H and O–H groups in total. The van der Waals surface area contributed by atoms with Gasteiger partial charge < -0.3 is 5.11 Å². The average Bonchev–Trinajstić information content (AvgIpc) is 2.53. The molecule has 2 aromatic rings. The monoisotopic (exact) mass is 426 g/mol. The lowest BCUT2D eigenvalue weighted by molar-refractivity contribution is -0.144. The minimum atomic E-state index is -4.96. The van der Waals surface area contributed by atoms with Crippen molar-refractivity contribution >= 4 is 29.3 Å². The summed E-state index contributed by atoms with van der Waals surface area (Å²) in [6.45, 7) is 1.33. The number of aliphatic carboxylic acids is 1. The SMILES string of the molecule is CC(Sc1cc(-n2c(=O)cc(C(F)(F)F)n(C)c2=O)c(F)cc1Cl)C(=O)O. The highest BCUT2D eigenvalue weighted by Crippen LogP contribution is 2.33. The van der Waals surface area contributed by atoms with E-state index in [1.54, 1.807) is 0 Å². The Bertz CT molecular complexity index is 1030. The summed E-state index contributed by atoms with van der Waals surface area (Å²) >= 11 is 6.58. The topological polar surface area (TPSA) is 81.3 Å². The minimum Gasteiger partial charge on any atom is -0.480 e. The van der Waals surface area contributed by atoms with Crippen molar-refractivity contribution in [2.45, 2.75) is 23.2 Å². The van der Waals surface area contributed by atoms with Gasteiger partial charge in [-0.2, -0.15) is 13.2 Å². The number of thioether (sulfide) groups is 1. The Hall–Kier alpha value is -2.27. The number of carboxylic acids is 1. The van der Waals surface area contributed by atoms with Crippen LogP contribution in [0.4, 0.5) is 17.6 Å². The molecule has 1 aromatic carbocycles. The van der Waals surface area contributed by atoms with E-state index in [0.717, 1.165) is 19.2 Å². The molecule has 0 fully saturated rings. The molecule has 0 amide bonds. The van der Waals surface area contributed by atoms with Crippen molar-refractivity contribution in [2.75, 3.05) is 0 Å². The number of rotatable bonds is 4. The van der Waals surface area contributed by atoms with Gasteiger partial charge in [0, 0.05) is 18.0 Å². The molecular formula is C15H11ClF4N2O4S. The first-order valence-corrected chi connectivity index (χ1v) is 8.39. The molecular weight excluding hydrogens is 416 g/mol. The molecule has 0 aliphatic carbocycles. The van der Waals surface area contributed by atoms with Gasteiger partial charge in [-0.3, -0.25) is 14.2 Å². The first kappa shape index (κ1) is 21.0. The van der Waals surface area contributed by atoms with Crippen LogP contribution in [-0.2, 0) is 18.0 Å². The third-order valence-electron chi connectivity index (χ3n) is 3.50. The number of benzene rings is 1. The number of aromatic nitrogens is 2. The summed E-state index contributed by atoms with van der Waals surface area (Å²) in [5.74, 6) is -2.32. The van der Waals surface area contributed by atoms with Crippen LogP contribution in [0, 0.1) is 5.82 Å². The Kier molecular flexibility index (Phi) is 5.76. The maximum Gasteiger partial charge on any atom is 0.431 e. The number of halogens is 5. The summed E-state index contributed by atoms with van der Waals surface area (Å²) in [7, 11) is 0.789. The molecule has 0 bridgehead atoms. The molecule has 1 unspecified atom stereocenters. The van der Waals surface area contributed by atoms with Crippen LogP contribution in [0.2, 0.25) is 5.02 Å². The highest BCUT2D eigenvalue weighted by Gasteiger charge is 2.35. The van der Waals surface area contributed by atoms with E-state index in [1.807, 2.05) is 0 Å². The quantitative estimate of drug-likeness (QED) is 0.600. The largest absolute Gasteiger partial charge is 0.480 e. The lowest BCUT2D eigenvalue weighted by atomic mass is 10.3. The molecule has 12 heteroatoms. The fraction of sp³-hybridized carbons (Fsp3) is 0.267. The van der Waals surface area contributed by atoms with Gasteiger partial charge in [0.1, 0.15) is 16.8 Å². The lowest BCUT2D eigenvalue weighted by Gasteiger charge is -2.15. The number of nitrogens with zero attached hydrogens (tertiary/aromatic N) is 2. The van der Waals surface area contributed by atoms with E-state index in [9.17, 15) is 31.9 Å². The molecule has 0 aliphatic heterocycles. The van der Waals surface area contributed by atoms with E-state index >= 15 is 0 Å². The molecule has 0 saturated carbocycles. The standard InChI is InChI=1S/C15H11ClF4N2O4S/c1-6(13(24)25)27-10-4-9(8(17)3-7(10)16)22-12(23)5-11(15(18,19)20)21(2)14(22)26/h3-6H,1-2H3,(H,24,25). The van der Waals surface area contributed by atoms with Crippen LogP contribution >= 0.6 is 23.4 Å². The maximum absolute atomic E-state index is 14.3. The van der Waals surface area contributed by atoms with E-state index in [2.05, 4.69) is 0 Å². The predicted molar refractivity (Wildman–Crippen MR) is 90.2 cm³/mol. The van der Waals surface area contributed by atoms with Crippen LogP contribution < -0.4 is 11.2 Å². The van der Waals surface area contributed by atoms with Gasteiger partial charge in [-0.25, -0.2) is 13.8 Å². The van der Waals surface area contributed by atoms with Crippen LogP contribution in [0.3, 0.4) is 0 Å². The number of hydrogen-bond donors (Lipinski definition) is 1. The Morgan fingerprint density at radius 2 is 1.85 bits per heavy atom. The second kappa shape index (κ2) is 7.39. The Morgan fingerprint density at radius 1 is 1.26 bits per heavy atom. The summed E-state index contributed by atoms with van der Waals surface area (Å²) in [4.78, 5) is 35.4. The van der Waals surface area contributed by atoms with Gasteiger partial charge in [0.2, 0.25) is 0 Å². The molecule has 0 radical (unpaired) electrons. The van der Waals surface area contributed by atoms with Crippen molar-refractivity contribution in [2.24, 2.45) is 7.05 Å². The summed E-state index contributed by atoms with van der Waals surface area (Å²) in [5, 5.41) is 7.79. The fourth-order valence-corrected chi connectivity index (χ4v) is 3.26. The van der Waals surface area contributed by atoms with Gasteiger partial charge in [0.25, 0.3) is 5.56 Å². The fourth-order valence-electron chi connectivity index (χ4n) is 2.14. The molecule has 6 nitrogen and oxygen atoms in total. The highest BCUT2D eigenvalue weighted by atomic mass is 35.5. The van der Waals surface area contributed by atoms with Crippen molar-refractivity contribution in [1.29, 1.82) is 0 Å². The van der Waals surface area contributed by atoms with Crippen molar-refractivity contribution in [1.82, 2.24) is 9.13 Å². The van der Waals surface area contributed by atoms with E-state index in [1.165, 1.54) is 6.92 Å². The molecule has 27 heavy (non-hydrogen) atoms. The molecule has 1 heterocycles. The summed E-state index contributed by atoms with van der Waals surface area (Å²) in [6, 6.07) is 1.86. The second-order valence-corrected chi connectivity index (χ2v) is 7.16. The molecule has 0 spiro atoms. The molecule has 146 valence electrons. The van der Waals surface area contributed by atoms with E-state index in [-0.39, 0.29) is 25.1 Å². The summed E-state index contributed by atoms with van der Waals surface area (Å²) in [6.07, 6.45) is -4.96. The normalized spacial score (nSPS) is 12.9. The van der Waals surface area contributed by atoms with Crippen molar-refractivity contribution in [3.63, 3.8) is 0 Å². The number of hydrogen-bond acceptors (Lipinski definition) is 4. The van der Waals surface area contributed by atoms with Crippen molar-refractivity contribution in [3.8, 4) is 5.69 Å². The third-order valence-corrected chi connectivity index (χ3v) is 5.08. The average molecular weight is 427 g/mol. The van der Waals surface area contributed by atoms with E-state index in [4.69, 9.17) is 16.7 Å². The van der Waals surface area contributed by atoms with Gasteiger partial charge in [0.05, 0.1) is 10.7 Å². The first-order valence-electron chi connectivity index (χ1n) is 7.13. The minimum absolute atomic E-state index is 0.0387. The van der Waals surface area contributed by atoms with Crippen LogP contribution in [0.5, 0.6) is 0 Å².